The van der Waals surface area contributed by atoms with Crippen LogP contribution in [0.1, 0.15) is 107 Å². The molecule has 0 aromatic heterocycles. The van der Waals surface area contributed by atoms with E-state index in [0.717, 1.165) is 77.2 Å². The lowest BCUT2D eigenvalue weighted by Gasteiger charge is -2.31. The van der Waals surface area contributed by atoms with E-state index in [0.29, 0.717) is 52.7 Å². The van der Waals surface area contributed by atoms with Crippen LogP contribution in [-0.4, -0.2) is 198 Å². The number of esters is 3. The molecule has 0 bridgehead atoms. The summed E-state index contributed by atoms with van der Waals surface area (Å²) in [5.41, 5.74) is 16.8. The van der Waals surface area contributed by atoms with Gasteiger partial charge in [0.25, 0.3) is 0 Å². The number of aliphatic hydroxyl groups is 3. The van der Waals surface area contributed by atoms with Crippen molar-refractivity contribution in [2.45, 2.75) is 187 Å². The Balaban J connectivity index is 0.000000210. The predicted octanol–water partition coefficient (Wildman–Crippen LogP) is 13.7. The van der Waals surface area contributed by atoms with Crippen molar-refractivity contribution >= 4 is 128 Å². The number of nitrogens with one attached hydrogen (secondary N) is 3. The molecule has 42 heteroatoms. The van der Waals surface area contributed by atoms with E-state index in [-0.39, 0.29) is 84.6 Å². The number of carbonyl (C=O) groups excluding carboxylic acids is 3. The highest BCUT2D eigenvalue weighted by molar-refractivity contribution is 8.01. The summed E-state index contributed by atoms with van der Waals surface area (Å²) in [5, 5.41) is 36.5. The molecule has 123 heavy (non-hydrogen) atoms. The first-order chi connectivity index (χ1) is 58.4. The second-order valence-corrected chi connectivity index (χ2v) is 38.5. The summed E-state index contributed by atoms with van der Waals surface area (Å²) in [7, 11) is -12.9. The Kier molecular flexibility index (Phi) is 35.8. The first kappa shape index (κ1) is 98.4. The monoisotopic (exact) mass is 1830 g/mol. The fourth-order valence-electron chi connectivity index (χ4n) is 12.8. The van der Waals surface area contributed by atoms with Crippen molar-refractivity contribution < 1.29 is 102 Å². The first-order valence-electron chi connectivity index (χ1n) is 40.0. The first-order valence-corrected chi connectivity index (χ1v) is 47.5. The van der Waals surface area contributed by atoms with Crippen molar-refractivity contribution in [2.24, 2.45) is 59.9 Å². The Morgan fingerprint density at radius 1 is 0.504 bits per heavy atom. The number of halogens is 4. The molecule has 12 N–H and O–H groups in total. The van der Waals surface area contributed by atoms with Gasteiger partial charge in [-0.2, -0.15) is 25.2 Å². The zero-order valence-electron chi connectivity index (χ0n) is 69.6. The molecule has 0 amide bonds. The summed E-state index contributed by atoms with van der Waals surface area (Å²) in [6, 6.07) is 30.1. The maximum atomic E-state index is 15.2. The molecule has 672 valence electrons. The Morgan fingerprint density at radius 2 is 0.862 bits per heavy atom. The molecule has 32 nitrogen and oxygen atoms in total. The smallest absolute Gasteiger partial charge is 0.459 e. The third-order valence-electron chi connectivity index (χ3n) is 20.5. The summed E-state index contributed by atoms with van der Waals surface area (Å²) in [4.78, 5) is 61.3. The van der Waals surface area contributed by atoms with E-state index in [1.807, 2.05) is 95.0 Å². The lowest BCUT2D eigenvalue weighted by Crippen LogP contribution is -2.48. The quantitative estimate of drug-likeness (QED) is 0.00763. The molecule has 0 radical (unpaired) electrons. The maximum absolute atomic E-state index is 15.2. The number of hydrogen-bond donors (Lipinski definition) is 9. The van der Waals surface area contributed by atoms with Crippen LogP contribution in [0.15, 0.2) is 190 Å². The summed E-state index contributed by atoms with van der Waals surface area (Å²) in [6.07, 6.45) is 5.95. The number of carbonyl (C=O) groups is 3. The number of fused-ring (bicyclic) bond motifs is 2. The highest BCUT2D eigenvalue weighted by atomic mass is 32.2. The normalized spacial score (nSPS) is 23.8. The number of aliphatic hydroxyl groups excluding tert-OH is 3. The van der Waals surface area contributed by atoms with Crippen LogP contribution in [0.2, 0.25) is 0 Å². The van der Waals surface area contributed by atoms with E-state index in [4.69, 9.17) is 58.6 Å². The molecule has 0 aliphatic carbocycles. The standard InChI is InChI=1S/C29H39N4O6PS.C28H36F2N5O6PS.C24H34F2N5O6PS/c1-5-21(6-2)17-37-29(35)19(3)32-40(36,39-25-13-9-11-22-10-7-8-12-23(22)25)38-18-26-24(34)16-28(41-26)33-15-14-27(30)31-20(33)4;1-5-19(6-2)14-39-25(37)17(3)34-42(38,41-22-13-9-11-20-10-7-8-12-21(20)22)40-15-23-24(36)28(29,30)26(43-23)35-16-32-27(31)33-18(35)4;1-5-17(6-2)12-35-21(33)15(3)30-38(34,37-18-10-8-7-9-11-18)36-13-19-20(32)24(25,26)22(39-19)31-14-28-23(27)29-16(31)4/h7-15,19,21,24,26,28,34H,4-6,16-18H2,1-3H3,(H2,30,31)(H,32,36);7-13,16-17,19,23-24,26,36H,4-6,14-15H2,1-3H3,(H2,31,33)(H,34,38);7-11,14-15,17,19-20,22,32H,4-6,12-13H2,1-3H3,(H2,27,29)(H,30,34)/t19-,24+,26+,28+,40?;17-,23+,24-,26+,42?;15-,19+,20-,22+,38?/m000/s1. The molecule has 15 atom stereocenters. The number of nitrogens with two attached hydrogens (primary N) is 3. The van der Waals surface area contributed by atoms with Gasteiger partial charge in [-0.1, -0.05) is 191 Å². The third kappa shape index (κ3) is 26.4. The van der Waals surface area contributed by atoms with Crippen LogP contribution in [0, 0.1) is 17.8 Å². The van der Waals surface area contributed by atoms with Gasteiger partial charge in [-0.05, 0) is 79.6 Å². The number of guanidine groups is 2. The van der Waals surface area contributed by atoms with Crippen molar-refractivity contribution in [2.75, 3.05) is 39.6 Å². The van der Waals surface area contributed by atoms with E-state index in [1.165, 1.54) is 37.7 Å². The van der Waals surface area contributed by atoms with Gasteiger partial charge in [-0.25, -0.2) is 46.2 Å². The number of rotatable bonds is 39. The number of alkyl halides is 4. The fraction of sp³-hybridized carbons (Fsp3) is 0.481. The van der Waals surface area contributed by atoms with E-state index in [1.54, 1.807) is 73.8 Å². The number of amidine groups is 1. The topological polar surface area (TPSA) is 432 Å². The van der Waals surface area contributed by atoms with Crippen molar-refractivity contribution in [1.82, 2.24) is 30.0 Å². The molecule has 3 saturated heterocycles. The van der Waals surface area contributed by atoms with Gasteiger partial charge in [0.05, 0.1) is 66.9 Å². The number of thioether (sulfide) groups is 3. The summed E-state index contributed by atoms with van der Waals surface area (Å²) in [6.45, 7) is 27.0. The summed E-state index contributed by atoms with van der Waals surface area (Å²) >= 11 is 2.79. The maximum Gasteiger partial charge on any atom is 0.459 e. The van der Waals surface area contributed by atoms with Crippen LogP contribution >= 0.6 is 58.5 Å². The Morgan fingerprint density at radius 3 is 1.24 bits per heavy atom. The molecule has 5 aromatic carbocycles. The number of aliphatic imine (C=N–C) groups is 5. The van der Waals surface area contributed by atoms with Gasteiger partial charge in [-0.3, -0.25) is 37.8 Å². The van der Waals surface area contributed by atoms with Crippen LogP contribution in [0.25, 0.3) is 21.5 Å². The van der Waals surface area contributed by atoms with Crippen molar-refractivity contribution in [3.8, 4) is 17.2 Å². The van der Waals surface area contributed by atoms with E-state index < -0.39 is 129 Å². The Hall–Kier alpha value is -8.36. The molecule has 3 fully saturated rings. The minimum absolute atomic E-state index is 0.0751. The minimum atomic E-state index is -4.43. The van der Waals surface area contributed by atoms with Crippen molar-refractivity contribution in [3.63, 3.8) is 0 Å². The average Bonchev–Trinajstić information content (AvgIpc) is 1.62. The van der Waals surface area contributed by atoms with Crippen LogP contribution in [-0.2, 0) is 55.9 Å². The van der Waals surface area contributed by atoms with Crippen LogP contribution in [0.4, 0.5) is 17.6 Å². The lowest BCUT2D eigenvalue weighted by molar-refractivity contribution is -0.147. The minimum Gasteiger partial charge on any atom is -0.464 e. The number of para-hydroxylation sites is 1. The van der Waals surface area contributed by atoms with Gasteiger partial charge in [0.1, 0.15) is 94.3 Å². The summed E-state index contributed by atoms with van der Waals surface area (Å²) < 4.78 is 154. The third-order valence-corrected chi connectivity index (χ3v) is 30.1. The number of hydrogen-bond acceptors (Lipinski definition) is 32. The van der Waals surface area contributed by atoms with E-state index >= 15 is 17.6 Å². The van der Waals surface area contributed by atoms with E-state index in [2.05, 4.69) is 60.0 Å². The lowest BCUT2D eigenvalue weighted by atomic mass is 10.1. The zero-order valence-corrected chi connectivity index (χ0v) is 74.7. The van der Waals surface area contributed by atoms with Gasteiger partial charge in [0.15, 0.2) is 0 Å². The SMILES string of the molecule is C=C1N=C(N)C=CN1[C@H]1C[C@@H](O)[C@@H](COP(=O)(N[C@@H](C)C(=O)OCC(CC)CC)Oc2cccc3ccccc23)S1.C=C1N=C(N)N=CN1[C@@H]1S[C@H](COP(=O)(N[C@@H](C)C(=O)OCC(CC)CC)Oc2cccc3ccccc23)[C@H](O)C1(F)F.C=C1N=C(N)N=CN1[C@@H]1S[C@H](COP(=O)(N[C@@H](C)C(=O)OCC(CC)CC)Oc2ccccc2)[C@H](O)C1(F)F. The molecule has 5 aromatic rings. The second kappa shape index (κ2) is 44.7. The van der Waals surface area contributed by atoms with Crippen LogP contribution in [0.5, 0.6) is 17.2 Å². The van der Waals surface area contributed by atoms with Gasteiger partial charge >= 0.3 is 53.0 Å². The Bertz CT molecular complexity index is 4840. The van der Waals surface area contributed by atoms with Crippen molar-refractivity contribution in [3.05, 3.63) is 165 Å². The molecule has 6 heterocycles. The average molecular weight is 1830 g/mol. The van der Waals surface area contributed by atoms with Gasteiger partial charge in [0, 0.05) is 23.4 Å². The largest absolute Gasteiger partial charge is 0.464 e. The molecule has 0 saturated carbocycles. The zero-order chi connectivity index (χ0) is 89.7. The molecule has 6 aliphatic heterocycles. The van der Waals surface area contributed by atoms with Gasteiger partial charge in [0.2, 0.25) is 11.9 Å². The highest BCUT2D eigenvalue weighted by Gasteiger charge is 2.62. The number of benzene rings is 5. The summed E-state index contributed by atoms with van der Waals surface area (Å²) in [5.74, 6) is -7.50. The van der Waals surface area contributed by atoms with Gasteiger partial charge in [-0.15, -0.1) is 35.3 Å². The van der Waals surface area contributed by atoms with E-state index in [9.17, 15) is 43.4 Å². The molecular weight excluding hydrogens is 1720 g/mol. The highest BCUT2D eigenvalue weighted by Crippen LogP contribution is 2.55. The molecular formula is C81H109F4N14O18P3S3. The molecule has 3 unspecified atom stereocenters. The molecule has 6 aliphatic rings. The second-order valence-electron chi connectivity index (χ2n) is 29.4. The number of ether oxygens (including phenoxy) is 3. The number of nitrogens with zero attached hydrogens (tertiary/aromatic N) is 8. The van der Waals surface area contributed by atoms with Crippen LogP contribution < -0.4 is 46.0 Å². The molecule has 11 rings (SSSR count). The van der Waals surface area contributed by atoms with Crippen LogP contribution in [0.3, 0.4) is 0 Å². The molecule has 0 spiro atoms. The fourth-order valence-corrected chi connectivity index (χ4v) is 22.1. The van der Waals surface area contributed by atoms with Crippen molar-refractivity contribution in [1.29, 1.82) is 0 Å². The Labute approximate surface area is 725 Å². The van der Waals surface area contributed by atoms with Gasteiger partial charge < -0.3 is 65.2 Å². The predicted molar refractivity (Wildman–Crippen MR) is 472 cm³/mol.